The van der Waals surface area contributed by atoms with Gasteiger partial charge in [-0.05, 0) is 69.2 Å². The first-order valence-electron chi connectivity index (χ1n) is 15.1. The number of rotatable bonds is 8. The topological polar surface area (TPSA) is 80.7 Å². The highest BCUT2D eigenvalue weighted by molar-refractivity contribution is 6.10. The maximum atomic E-state index is 14.1. The molecule has 1 atom stereocenters. The van der Waals surface area contributed by atoms with E-state index in [1.807, 2.05) is 72.3 Å². The number of amides is 3. The van der Waals surface area contributed by atoms with E-state index in [2.05, 4.69) is 16.9 Å². The molecule has 228 valence electrons. The third-order valence-electron chi connectivity index (χ3n) is 8.20. The first-order chi connectivity index (χ1) is 21.4. The maximum Gasteiger partial charge on any atom is 0.327 e. The number of anilines is 2. The van der Waals surface area contributed by atoms with Crippen LogP contribution in [0.5, 0.6) is 5.75 Å². The van der Waals surface area contributed by atoms with Gasteiger partial charge in [0.15, 0.2) is 0 Å². The van der Waals surface area contributed by atoms with Gasteiger partial charge in [0.2, 0.25) is 5.91 Å². The lowest BCUT2D eigenvalue weighted by molar-refractivity contribution is -0.135. The predicted octanol–water partition coefficient (Wildman–Crippen LogP) is 6.14. The van der Waals surface area contributed by atoms with Crippen molar-refractivity contribution in [2.45, 2.75) is 32.7 Å². The third kappa shape index (κ3) is 5.90. The van der Waals surface area contributed by atoms with Crippen molar-refractivity contribution in [3.63, 3.8) is 0 Å². The van der Waals surface area contributed by atoms with E-state index in [9.17, 15) is 14.0 Å². The van der Waals surface area contributed by atoms with Gasteiger partial charge in [0, 0.05) is 43.3 Å². The van der Waals surface area contributed by atoms with Gasteiger partial charge in [-0.3, -0.25) is 14.7 Å². The number of fused-ring (bicyclic) bond motifs is 1. The van der Waals surface area contributed by atoms with Crippen molar-refractivity contribution < 1.29 is 18.7 Å². The number of para-hydroxylation sites is 3. The largest absolute Gasteiger partial charge is 0.492 e. The van der Waals surface area contributed by atoms with Gasteiger partial charge in [-0.2, -0.15) is 0 Å². The minimum atomic E-state index is -0.603. The van der Waals surface area contributed by atoms with E-state index in [4.69, 9.17) is 9.73 Å². The molecule has 0 radical (unpaired) electrons. The summed E-state index contributed by atoms with van der Waals surface area (Å²) in [6.45, 7) is 11.1. The Labute approximate surface area is 257 Å². The Kier molecular flexibility index (Phi) is 8.34. The summed E-state index contributed by atoms with van der Waals surface area (Å²) in [6, 6.07) is 19.8. The van der Waals surface area contributed by atoms with Crippen LogP contribution in [0.2, 0.25) is 0 Å². The number of amidine groups is 1. The van der Waals surface area contributed by atoms with Crippen LogP contribution < -0.4 is 15.0 Å². The number of ether oxygens (including phenoxy) is 1. The molecule has 2 heterocycles. The Morgan fingerprint density at radius 2 is 1.70 bits per heavy atom. The number of carbonyl (C=O) groups excluding carboxylic acids is 2. The molecule has 1 N–H and O–H groups in total. The number of nitrogens with zero attached hydrogens (tertiary/aromatic N) is 5. The molecule has 44 heavy (non-hydrogen) atoms. The molecule has 3 aromatic carbocycles. The molecule has 1 saturated carbocycles. The van der Waals surface area contributed by atoms with E-state index in [-0.39, 0.29) is 11.8 Å². The molecule has 3 aromatic rings. The number of nitrogens with one attached hydrogen (secondary N) is 1. The quantitative estimate of drug-likeness (QED) is 0.338. The Hall–Kier alpha value is -4.70. The monoisotopic (exact) mass is 596 g/mol. The lowest BCUT2D eigenvalue weighted by Gasteiger charge is -2.47. The summed E-state index contributed by atoms with van der Waals surface area (Å²) in [4.78, 5) is 35.6. The van der Waals surface area contributed by atoms with Gasteiger partial charge in [0.25, 0.3) is 0 Å². The minimum absolute atomic E-state index is 0.175. The average Bonchev–Trinajstić information content (AvgIpc) is 3.89. The van der Waals surface area contributed by atoms with Crippen LogP contribution >= 0.6 is 0 Å². The molecule has 2 fully saturated rings. The molecule has 9 nitrogen and oxygen atoms in total. The summed E-state index contributed by atoms with van der Waals surface area (Å²) in [5, 5.41) is 7.10. The highest BCUT2D eigenvalue weighted by atomic mass is 19.1. The summed E-state index contributed by atoms with van der Waals surface area (Å²) in [6.07, 6.45) is 1.96. The van der Waals surface area contributed by atoms with Crippen LogP contribution in [-0.4, -0.2) is 71.5 Å². The lowest BCUT2D eigenvalue weighted by Crippen LogP contribution is -2.60. The Bertz CT molecular complexity index is 1580. The molecular weight excluding hydrogens is 559 g/mol. The molecule has 6 rings (SSSR count). The summed E-state index contributed by atoms with van der Waals surface area (Å²) < 4.78 is 19.6. The fraction of sp³-hybridized carbons (Fsp3) is 0.324. The maximum absolute atomic E-state index is 14.1. The fourth-order valence-corrected chi connectivity index (χ4v) is 5.79. The highest BCUT2D eigenvalue weighted by Crippen LogP contribution is 2.38. The zero-order valence-electron chi connectivity index (χ0n) is 25.1. The highest BCUT2D eigenvalue weighted by Gasteiger charge is 2.40. The van der Waals surface area contributed by atoms with Gasteiger partial charge in [-0.25, -0.2) is 19.2 Å². The summed E-state index contributed by atoms with van der Waals surface area (Å²) >= 11 is 0. The van der Waals surface area contributed by atoms with Crippen LogP contribution in [-0.2, 0) is 4.79 Å². The standard InChI is InChI=1S/C34H37FN6O3/c1-4-44-31-12-8-7-11-30(31)40(34(43)36-27-17-15-26(35)16-18-27)24(3)32-37-29-10-6-5-9-28(29)23(2)41(32)39-21-19-38(20-22-39)33(42)25-13-14-25/h5-12,15-18,24-25H,2,4,13-14,19-22H2,1,3H3,(H,36,43). The number of hydrogen-bond acceptors (Lipinski definition) is 6. The first-order valence-corrected chi connectivity index (χ1v) is 15.1. The molecule has 0 aromatic heterocycles. The van der Waals surface area contributed by atoms with E-state index < -0.39 is 17.9 Å². The molecule has 10 heteroatoms. The Morgan fingerprint density at radius 3 is 2.41 bits per heavy atom. The van der Waals surface area contributed by atoms with E-state index in [0.717, 1.165) is 29.8 Å². The molecule has 3 amide bonds. The van der Waals surface area contributed by atoms with Gasteiger partial charge in [0.05, 0.1) is 29.7 Å². The van der Waals surface area contributed by atoms with E-state index >= 15 is 0 Å². The van der Waals surface area contributed by atoms with Crippen LogP contribution in [0.25, 0.3) is 5.70 Å². The van der Waals surface area contributed by atoms with Crippen LogP contribution in [0.3, 0.4) is 0 Å². The zero-order chi connectivity index (χ0) is 30.8. The summed E-state index contributed by atoms with van der Waals surface area (Å²) in [5.41, 5.74) is 3.42. The van der Waals surface area contributed by atoms with Gasteiger partial charge in [-0.15, -0.1) is 0 Å². The van der Waals surface area contributed by atoms with Crippen molar-refractivity contribution in [2.24, 2.45) is 10.9 Å². The van der Waals surface area contributed by atoms with Crippen molar-refractivity contribution in [1.82, 2.24) is 14.9 Å². The summed E-state index contributed by atoms with van der Waals surface area (Å²) in [7, 11) is 0. The van der Waals surface area contributed by atoms with Crippen LogP contribution in [0.4, 0.5) is 26.2 Å². The molecule has 3 aliphatic rings. The first kappa shape index (κ1) is 29.4. The molecular formula is C34H37FN6O3. The van der Waals surface area contributed by atoms with Gasteiger partial charge in [0.1, 0.15) is 17.4 Å². The summed E-state index contributed by atoms with van der Waals surface area (Å²) in [5.74, 6) is 1.18. The Balaban J connectivity index is 1.38. The molecule has 2 aliphatic heterocycles. The number of benzene rings is 3. The minimum Gasteiger partial charge on any atom is -0.492 e. The number of carbonyl (C=O) groups is 2. The number of hydrogen-bond donors (Lipinski definition) is 1. The number of piperazine rings is 1. The number of aliphatic imine (C=N–C) groups is 1. The second-order valence-corrected chi connectivity index (χ2v) is 11.2. The van der Waals surface area contributed by atoms with Crippen LogP contribution in [0.1, 0.15) is 32.3 Å². The van der Waals surface area contributed by atoms with E-state index in [0.29, 0.717) is 55.7 Å². The Morgan fingerprint density at radius 1 is 1.02 bits per heavy atom. The molecule has 1 aliphatic carbocycles. The molecule has 0 bridgehead atoms. The van der Waals surface area contributed by atoms with Crippen molar-refractivity contribution in [3.05, 3.63) is 90.8 Å². The van der Waals surface area contributed by atoms with Crippen molar-refractivity contribution in [2.75, 3.05) is 43.0 Å². The second-order valence-electron chi connectivity index (χ2n) is 11.2. The molecule has 0 spiro atoms. The fourth-order valence-electron chi connectivity index (χ4n) is 5.79. The second kappa shape index (κ2) is 12.5. The predicted molar refractivity (Wildman–Crippen MR) is 170 cm³/mol. The van der Waals surface area contributed by atoms with Crippen molar-refractivity contribution >= 4 is 40.5 Å². The smallest absolute Gasteiger partial charge is 0.327 e. The van der Waals surface area contributed by atoms with E-state index in [1.165, 1.54) is 24.3 Å². The van der Waals surface area contributed by atoms with Gasteiger partial charge < -0.3 is 15.0 Å². The van der Waals surface area contributed by atoms with Crippen molar-refractivity contribution in [3.8, 4) is 5.75 Å². The number of halogens is 1. The lowest BCUT2D eigenvalue weighted by atomic mass is 10.1. The van der Waals surface area contributed by atoms with Gasteiger partial charge >= 0.3 is 6.03 Å². The van der Waals surface area contributed by atoms with Gasteiger partial charge in [-0.1, -0.05) is 36.9 Å². The average molecular weight is 597 g/mol. The zero-order valence-corrected chi connectivity index (χ0v) is 25.1. The van der Waals surface area contributed by atoms with E-state index in [1.54, 1.807) is 4.90 Å². The van der Waals surface area contributed by atoms with Crippen LogP contribution in [0.15, 0.2) is 84.4 Å². The number of urea groups is 1. The van der Waals surface area contributed by atoms with Crippen molar-refractivity contribution in [1.29, 1.82) is 0 Å². The molecule has 1 saturated heterocycles. The normalized spacial score (nSPS) is 17.4. The third-order valence-corrected chi connectivity index (χ3v) is 8.20. The molecule has 1 unspecified atom stereocenters. The SMILES string of the molecule is C=C1c2ccccc2N=C(C(C)N(C(=O)Nc2ccc(F)cc2)c2ccccc2OCC)N1N1CCN(C(=O)C2CC2)CC1. The van der Waals surface area contributed by atoms with Crippen LogP contribution in [0, 0.1) is 11.7 Å². The number of hydrazine groups is 1.